The molecule has 0 spiro atoms. The molecule has 0 atom stereocenters. The van der Waals surface area contributed by atoms with Crippen LogP contribution in [0.1, 0.15) is 5.56 Å². The zero-order chi connectivity index (χ0) is 16.9. The van der Waals surface area contributed by atoms with Crippen molar-refractivity contribution in [3.05, 3.63) is 95.1 Å². The lowest BCUT2D eigenvalue weighted by Gasteiger charge is -2.21. The van der Waals surface area contributed by atoms with Crippen molar-refractivity contribution >= 4 is 21.5 Å². The summed E-state index contributed by atoms with van der Waals surface area (Å²) in [7, 11) is 1.66. The van der Waals surface area contributed by atoms with Gasteiger partial charge >= 0.3 is 0 Å². The summed E-state index contributed by atoms with van der Waals surface area (Å²) >= 11 is 0. The molecule has 1 aliphatic rings. The molecule has 0 unspecified atom stereocenters. The first-order valence-electron chi connectivity index (χ1n) is 8.32. The number of hydrogen-bond donors (Lipinski definition) is 0. The van der Waals surface area contributed by atoms with E-state index in [-0.39, 0.29) is 0 Å². The van der Waals surface area contributed by atoms with E-state index in [0.717, 1.165) is 27.1 Å². The van der Waals surface area contributed by atoms with Gasteiger partial charge in [-0.2, -0.15) is 0 Å². The van der Waals surface area contributed by atoms with Gasteiger partial charge in [0.05, 0.1) is 10.7 Å². The Balaban J connectivity index is 1.99. The monoisotopic (exact) mass is 324 g/mol. The number of rotatable bonds is 2. The van der Waals surface area contributed by atoms with Crippen molar-refractivity contribution in [2.24, 2.45) is 9.98 Å². The summed E-state index contributed by atoms with van der Waals surface area (Å²) in [6, 6.07) is 26.7. The molecule has 0 radical (unpaired) electrons. The van der Waals surface area contributed by atoms with Gasteiger partial charge in [0.1, 0.15) is 0 Å². The van der Waals surface area contributed by atoms with Crippen molar-refractivity contribution in [1.29, 1.82) is 0 Å². The normalized spacial score (nSPS) is 14.9. The molecule has 0 fully saturated rings. The summed E-state index contributed by atoms with van der Waals surface area (Å²) in [5.41, 5.74) is 0.932. The summed E-state index contributed by atoms with van der Waals surface area (Å²) in [5.74, 6) is -1.02. The molecule has 5 rings (SSSR count). The maximum Gasteiger partial charge on any atom is 0.285 e. The Hall–Kier alpha value is -3.04. The number of methoxy groups -OCH3 is 1. The molecule has 3 heteroatoms. The molecule has 3 nitrogen and oxygen atoms in total. The second-order valence-corrected chi connectivity index (χ2v) is 6.19. The number of nitrogens with zero attached hydrogens (tertiary/aromatic N) is 2. The first-order valence-corrected chi connectivity index (χ1v) is 8.32. The van der Waals surface area contributed by atoms with Crippen molar-refractivity contribution in [1.82, 2.24) is 0 Å². The Bertz CT molecular complexity index is 1150. The van der Waals surface area contributed by atoms with Gasteiger partial charge in [-0.15, -0.1) is 0 Å². The minimum atomic E-state index is -1.02. The Morgan fingerprint density at radius 2 is 1.04 bits per heavy atom. The Labute approximate surface area is 144 Å². The molecule has 1 heterocycles. The molecule has 0 N–H and O–H groups in total. The molecular weight excluding hydrogens is 308 g/mol. The van der Waals surface area contributed by atoms with Crippen molar-refractivity contribution in [2.75, 3.05) is 7.11 Å². The molecule has 25 heavy (non-hydrogen) atoms. The lowest BCUT2D eigenvalue weighted by atomic mass is 10.0. The maximum absolute atomic E-state index is 5.83. The van der Waals surface area contributed by atoms with E-state index in [2.05, 4.69) is 36.4 Å². The average Bonchev–Trinajstić information content (AvgIpc) is 3.11. The van der Waals surface area contributed by atoms with Gasteiger partial charge in [0.15, 0.2) is 0 Å². The summed E-state index contributed by atoms with van der Waals surface area (Å²) in [4.78, 5) is 9.92. The van der Waals surface area contributed by atoms with Crippen LogP contribution in [0.3, 0.4) is 0 Å². The zero-order valence-corrected chi connectivity index (χ0v) is 13.8. The average molecular weight is 324 g/mol. The van der Waals surface area contributed by atoms with Crippen molar-refractivity contribution in [3.8, 4) is 0 Å². The largest absolute Gasteiger partial charge is 0.335 e. The minimum absolute atomic E-state index is 0.903. The highest BCUT2D eigenvalue weighted by Crippen LogP contribution is 2.31. The fourth-order valence-corrected chi connectivity index (χ4v) is 3.65. The number of ether oxygens (including phenoxy) is 1. The molecular formula is C22H16N2O. The third-order valence-electron chi connectivity index (χ3n) is 4.84. The summed E-state index contributed by atoms with van der Waals surface area (Å²) in [6.45, 7) is 0. The fraction of sp³-hybridized carbons (Fsp3) is 0.0909. The lowest BCUT2D eigenvalue weighted by molar-refractivity contribution is -0.000354. The van der Waals surface area contributed by atoms with E-state index in [1.54, 1.807) is 7.11 Å². The fourth-order valence-electron chi connectivity index (χ4n) is 3.65. The van der Waals surface area contributed by atoms with Gasteiger partial charge in [0.25, 0.3) is 5.85 Å². The van der Waals surface area contributed by atoms with Crippen LogP contribution in [0, 0.1) is 0 Å². The molecule has 0 saturated heterocycles. The van der Waals surface area contributed by atoms with E-state index in [0.29, 0.717) is 0 Å². The predicted octanol–water partition coefficient (Wildman–Crippen LogP) is 3.70. The van der Waals surface area contributed by atoms with E-state index in [1.165, 1.54) is 10.8 Å². The molecule has 4 aromatic rings. The third-order valence-corrected chi connectivity index (χ3v) is 4.84. The van der Waals surface area contributed by atoms with E-state index in [4.69, 9.17) is 14.7 Å². The van der Waals surface area contributed by atoms with Crippen molar-refractivity contribution < 1.29 is 4.74 Å². The lowest BCUT2D eigenvalue weighted by Crippen LogP contribution is -2.23. The van der Waals surface area contributed by atoms with Crippen molar-refractivity contribution in [3.63, 3.8) is 0 Å². The van der Waals surface area contributed by atoms with E-state index in [9.17, 15) is 0 Å². The van der Waals surface area contributed by atoms with Crippen LogP contribution in [0.4, 0.5) is 0 Å². The molecule has 1 aliphatic heterocycles. The van der Waals surface area contributed by atoms with Gasteiger partial charge < -0.3 is 4.74 Å². The molecule has 0 aromatic heterocycles. The number of hydrogen-bond acceptors (Lipinski definition) is 3. The van der Waals surface area contributed by atoms with Crippen LogP contribution < -0.4 is 10.7 Å². The van der Waals surface area contributed by atoms with Gasteiger partial charge in [0, 0.05) is 23.4 Å². The SMILES string of the molecule is COC1(c2ccccc2)N=c2c(c3ccccc3c3ccccc23)=N1. The zero-order valence-electron chi connectivity index (χ0n) is 13.8. The van der Waals surface area contributed by atoms with Crippen LogP contribution in [0.15, 0.2) is 88.8 Å². The molecule has 0 saturated carbocycles. The van der Waals surface area contributed by atoms with Crippen molar-refractivity contribution in [2.45, 2.75) is 5.85 Å². The predicted molar refractivity (Wildman–Crippen MR) is 98.9 cm³/mol. The first kappa shape index (κ1) is 14.3. The van der Waals surface area contributed by atoms with Gasteiger partial charge in [-0.25, -0.2) is 9.98 Å². The minimum Gasteiger partial charge on any atom is -0.335 e. The third kappa shape index (κ3) is 1.96. The Morgan fingerprint density at radius 3 is 1.52 bits per heavy atom. The highest BCUT2D eigenvalue weighted by molar-refractivity contribution is 6.07. The Kier molecular flexibility index (Phi) is 2.99. The molecule has 4 aromatic carbocycles. The number of fused-ring (bicyclic) bond motifs is 6. The van der Waals surface area contributed by atoms with E-state index < -0.39 is 5.85 Å². The second-order valence-electron chi connectivity index (χ2n) is 6.19. The van der Waals surface area contributed by atoms with Gasteiger partial charge in [0.2, 0.25) is 0 Å². The smallest absolute Gasteiger partial charge is 0.285 e. The van der Waals surface area contributed by atoms with Crippen LogP contribution >= 0.6 is 0 Å². The van der Waals surface area contributed by atoms with E-state index >= 15 is 0 Å². The summed E-state index contributed by atoms with van der Waals surface area (Å²) in [5, 5.41) is 6.40. The van der Waals surface area contributed by atoms with Crippen LogP contribution in [0.5, 0.6) is 0 Å². The first-order chi connectivity index (χ1) is 12.3. The molecule has 120 valence electrons. The maximum atomic E-state index is 5.83. The summed E-state index contributed by atoms with van der Waals surface area (Å²) < 4.78 is 5.83. The van der Waals surface area contributed by atoms with Crippen LogP contribution in [-0.2, 0) is 10.6 Å². The second kappa shape index (κ2) is 5.23. The van der Waals surface area contributed by atoms with Crippen LogP contribution in [0.25, 0.3) is 21.5 Å². The van der Waals surface area contributed by atoms with E-state index in [1.807, 2.05) is 42.5 Å². The van der Waals surface area contributed by atoms with Gasteiger partial charge in [-0.05, 0) is 10.8 Å². The highest BCUT2D eigenvalue weighted by atomic mass is 16.5. The molecule has 0 amide bonds. The highest BCUT2D eigenvalue weighted by Gasteiger charge is 2.34. The quantitative estimate of drug-likeness (QED) is 0.518. The molecule has 0 bridgehead atoms. The topological polar surface area (TPSA) is 34.0 Å². The van der Waals surface area contributed by atoms with Crippen LogP contribution in [0.2, 0.25) is 0 Å². The summed E-state index contributed by atoms with van der Waals surface area (Å²) in [6.07, 6.45) is 0. The Morgan fingerprint density at radius 1 is 0.600 bits per heavy atom. The number of benzene rings is 4. The van der Waals surface area contributed by atoms with Gasteiger partial charge in [-0.1, -0.05) is 78.9 Å². The van der Waals surface area contributed by atoms with Gasteiger partial charge in [-0.3, -0.25) is 0 Å². The standard InChI is InChI=1S/C22H16N2O/c1-25-22(15-9-3-2-4-10-15)23-20-18-13-7-5-11-16(18)17-12-6-8-14-19(17)21(20)24-22/h2-14H,1H3. The molecule has 0 aliphatic carbocycles. The van der Waals surface area contributed by atoms with Crippen LogP contribution in [-0.4, -0.2) is 7.11 Å².